The number of halogens is 1. The first-order valence-electron chi connectivity index (χ1n) is 12.6. The Labute approximate surface area is 219 Å². The van der Waals surface area contributed by atoms with E-state index in [-0.39, 0.29) is 48.3 Å². The van der Waals surface area contributed by atoms with Gasteiger partial charge in [0.1, 0.15) is 6.10 Å². The summed E-state index contributed by atoms with van der Waals surface area (Å²) in [6.07, 6.45) is 4.21. The van der Waals surface area contributed by atoms with Gasteiger partial charge < -0.3 is 27.6 Å². The number of carbonyl (C=O) groups excluding carboxylic acids is 1. The van der Waals surface area contributed by atoms with E-state index in [0.717, 1.165) is 36.8 Å². The number of benzene rings is 1. The van der Waals surface area contributed by atoms with Crippen LogP contribution < -0.4 is 27.6 Å². The largest absolute Gasteiger partial charge is 1.00 e. The van der Waals surface area contributed by atoms with Gasteiger partial charge in [0.2, 0.25) is 5.78 Å². The Morgan fingerprint density at radius 1 is 1.19 bits per heavy atom. The van der Waals surface area contributed by atoms with Gasteiger partial charge in [-0.1, -0.05) is 45.2 Å². The highest BCUT2D eigenvalue weighted by molar-refractivity contribution is 5.95. The van der Waals surface area contributed by atoms with E-state index in [0.29, 0.717) is 23.0 Å². The summed E-state index contributed by atoms with van der Waals surface area (Å²) >= 11 is 0. The summed E-state index contributed by atoms with van der Waals surface area (Å²) in [5.41, 5.74) is 9.52. The van der Waals surface area contributed by atoms with Crippen molar-refractivity contribution in [1.82, 2.24) is 14.7 Å². The molecular formula is C27H38ClN5O3. The lowest BCUT2D eigenvalue weighted by atomic mass is 9.83. The van der Waals surface area contributed by atoms with E-state index in [4.69, 9.17) is 15.2 Å². The number of hydrogen-bond acceptors (Lipinski definition) is 6. The first-order chi connectivity index (χ1) is 16.6. The lowest BCUT2D eigenvalue weighted by Gasteiger charge is -2.23. The van der Waals surface area contributed by atoms with Crippen LogP contribution in [-0.2, 0) is 16.7 Å². The molecule has 4 rings (SSSR count). The number of nitrogen functional groups attached to an aromatic ring is 1. The predicted octanol–water partition coefficient (Wildman–Crippen LogP) is 1.45. The SMILES string of the molecule is CCC(CC)Oc1ccc2n(n1)c(N)n[n+]2CC(=O)c1cc(C(OC)C2CC2)cc(C(C)(C)C)c1.[Cl-]. The monoisotopic (exact) mass is 515 g/mol. The van der Waals surface area contributed by atoms with Crippen LogP contribution in [0.15, 0.2) is 30.3 Å². The summed E-state index contributed by atoms with van der Waals surface area (Å²) in [4.78, 5) is 13.5. The average molecular weight is 516 g/mol. The van der Waals surface area contributed by atoms with Gasteiger partial charge in [0.15, 0.2) is 6.54 Å². The third kappa shape index (κ3) is 5.98. The van der Waals surface area contributed by atoms with Crippen LogP contribution in [-0.4, -0.2) is 33.7 Å². The van der Waals surface area contributed by atoms with Gasteiger partial charge in [0.25, 0.3) is 5.88 Å². The summed E-state index contributed by atoms with van der Waals surface area (Å²) in [5, 5.41) is 8.88. The number of aromatic nitrogens is 4. The maximum Gasteiger partial charge on any atom is 0.355 e. The van der Waals surface area contributed by atoms with Gasteiger partial charge in [-0.3, -0.25) is 4.79 Å². The summed E-state index contributed by atoms with van der Waals surface area (Å²) < 4.78 is 14.9. The van der Waals surface area contributed by atoms with Crippen LogP contribution in [0.5, 0.6) is 5.88 Å². The Bertz CT molecular complexity index is 1210. The molecule has 1 aromatic carbocycles. The van der Waals surface area contributed by atoms with Crippen molar-refractivity contribution in [3.63, 3.8) is 0 Å². The minimum atomic E-state index is -0.0965. The molecule has 1 aliphatic rings. The molecule has 1 aliphatic carbocycles. The topological polar surface area (TPSA) is 95.6 Å². The van der Waals surface area contributed by atoms with Crippen molar-refractivity contribution in [1.29, 1.82) is 0 Å². The van der Waals surface area contributed by atoms with Gasteiger partial charge >= 0.3 is 11.6 Å². The smallest absolute Gasteiger partial charge is 0.355 e. The molecule has 0 saturated heterocycles. The Morgan fingerprint density at radius 3 is 2.47 bits per heavy atom. The quantitative estimate of drug-likeness (QED) is 0.324. The number of nitrogens with zero attached hydrogens (tertiary/aromatic N) is 4. The van der Waals surface area contributed by atoms with Gasteiger partial charge in [0.05, 0.1) is 6.10 Å². The molecule has 1 unspecified atom stereocenters. The van der Waals surface area contributed by atoms with Crippen molar-refractivity contribution in [2.75, 3.05) is 12.8 Å². The standard InChI is InChI=1S/C27H38N5O3.ClH/c1-7-21(8-2)35-23-11-12-24-31(30-26(28)32(24)29-23)16-22(33)18-13-19(25(34-6)17-9-10-17)15-20(14-18)27(3,4)5;/h11-15,17,21,25H,7-10,16H2,1-6H3,(H2,28,30);1H/q+1;/p-1. The Balaban J connectivity index is 0.00000361. The molecule has 9 heteroatoms. The number of ether oxygens (including phenoxy) is 2. The van der Waals surface area contributed by atoms with Crippen LogP contribution in [0.25, 0.3) is 5.65 Å². The maximum absolute atomic E-state index is 13.5. The van der Waals surface area contributed by atoms with E-state index >= 15 is 0 Å². The Hall–Kier alpha value is -2.71. The van der Waals surface area contributed by atoms with E-state index in [1.165, 1.54) is 4.52 Å². The molecule has 2 aromatic heterocycles. The highest BCUT2D eigenvalue weighted by atomic mass is 35.5. The molecule has 8 nitrogen and oxygen atoms in total. The maximum atomic E-state index is 13.5. The zero-order valence-corrected chi connectivity index (χ0v) is 22.9. The van der Waals surface area contributed by atoms with E-state index < -0.39 is 0 Å². The van der Waals surface area contributed by atoms with Crippen molar-refractivity contribution >= 4 is 17.4 Å². The molecule has 1 atom stereocenters. The second kappa shape index (κ2) is 11.1. The molecule has 1 saturated carbocycles. The second-order valence-corrected chi connectivity index (χ2v) is 10.5. The number of hydrogen-bond donors (Lipinski definition) is 1. The van der Waals surface area contributed by atoms with Gasteiger partial charge in [-0.15, -0.1) is 4.68 Å². The minimum absolute atomic E-state index is 0. The third-order valence-electron chi connectivity index (χ3n) is 6.76. The zero-order valence-electron chi connectivity index (χ0n) is 22.1. The predicted molar refractivity (Wildman–Crippen MR) is 135 cm³/mol. The van der Waals surface area contributed by atoms with E-state index in [9.17, 15) is 4.79 Å². The Morgan fingerprint density at radius 2 is 1.89 bits per heavy atom. The average Bonchev–Trinajstić information content (AvgIpc) is 3.62. The highest BCUT2D eigenvalue weighted by Crippen LogP contribution is 2.44. The molecule has 196 valence electrons. The van der Waals surface area contributed by atoms with Crippen molar-refractivity contribution < 1.29 is 31.4 Å². The molecule has 1 fully saturated rings. The third-order valence-corrected chi connectivity index (χ3v) is 6.76. The van der Waals surface area contributed by atoms with Gasteiger partial charge in [-0.05, 0) is 70.5 Å². The molecular weight excluding hydrogens is 478 g/mol. The lowest BCUT2D eigenvalue weighted by Crippen LogP contribution is -3.00. The first kappa shape index (κ1) is 27.9. The molecule has 0 spiro atoms. The fourth-order valence-electron chi connectivity index (χ4n) is 4.42. The summed E-state index contributed by atoms with van der Waals surface area (Å²) in [6, 6.07) is 9.80. The summed E-state index contributed by atoms with van der Waals surface area (Å²) in [7, 11) is 1.75. The Kier molecular flexibility index (Phi) is 8.62. The zero-order chi connectivity index (χ0) is 25.3. The van der Waals surface area contributed by atoms with Gasteiger partial charge in [0, 0.05) is 24.8 Å². The molecule has 36 heavy (non-hydrogen) atoms. The summed E-state index contributed by atoms with van der Waals surface area (Å²) in [6.45, 7) is 10.7. The van der Waals surface area contributed by atoms with Crippen LogP contribution in [0, 0.1) is 5.92 Å². The van der Waals surface area contributed by atoms with E-state index in [1.807, 2.05) is 18.2 Å². The number of rotatable bonds is 10. The second-order valence-electron chi connectivity index (χ2n) is 10.5. The van der Waals surface area contributed by atoms with Crippen molar-refractivity contribution in [2.24, 2.45) is 5.92 Å². The van der Waals surface area contributed by atoms with Crippen molar-refractivity contribution in [3.8, 4) is 5.88 Å². The van der Waals surface area contributed by atoms with Crippen molar-refractivity contribution in [3.05, 3.63) is 47.0 Å². The number of Topliss-reactive ketones (excluding diaryl/α,β-unsaturated/α-hetero) is 1. The molecule has 0 radical (unpaired) electrons. The first-order valence-corrected chi connectivity index (χ1v) is 12.6. The summed E-state index contributed by atoms with van der Waals surface area (Å²) in [5.74, 6) is 1.18. The molecule has 3 aromatic rings. The normalized spacial score (nSPS) is 14.6. The fraction of sp³-hybridized carbons (Fsp3) is 0.556. The number of anilines is 1. The number of ketones is 1. The number of methoxy groups -OCH3 is 1. The fourth-order valence-corrected chi connectivity index (χ4v) is 4.42. The highest BCUT2D eigenvalue weighted by Gasteiger charge is 2.34. The lowest BCUT2D eigenvalue weighted by molar-refractivity contribution is -0.714. The number of fused-ring (bicyclic) bond motifs is 1. The minimum Gasteiger partial charge on any atom is -1.00 e. The van der Waals surface area contributed by atoms with Crippen molar-refractivity contribution in [2.45, 2.75) is 84.5 Å². The molecule has 0 aliphatic heterocycles. The van der Waals surface area contributed by atoms with Crippen LogP contribution in [0.4, 0.5) is 5.95 Å². The molecule has 0 amide bonds. The van der Waals surface area contributed by atoms with Crippen LogP contribution in [0.2, 0.25) is 0 Å². The molecule has 0 bridgehead atoms. The molecule has 2 heterocycles. The number of carbonyl (C=O) groups is 1. The van der Waals surface area contributed by atoms with E-state index in [2.05, 4.69) is 50.9 Å². The number of nitrogens with two attached hydrogens (primary N) is 1. The van der Waals surface area contributed by atoms with Gasteiger partial charge in [-0.2, -0.15) is 0 Å². The van der Waals surface area contributed by atoms with Gasteiger partial charge in [-0.25, -0.2) is 0 Å². The van der Waals surface area contributed by atoms with Crippen LogP contribution >= 0.6 is 0 Å². The van der Waals surface area contributed by atoms with Crippen LogP contribution in [0.3, 0.4) is 0 Å². The molecule has 2 N–H and O–H groups in total. The van der Waals surface area contributed by atoms with E-state index in [1.54, 1.807) is 17.9 Å². The van der Waals surface area contributed by atoms with Crippen LogP contribution in [0.1, 0.15) is 87.9 Å².